The van der Waals surface area contributed by atoms with Crippen molar-refractivity contribution < 1.29 is 13.2 Å². The summed E-state index contributed by atoms with van der Waals surface area (Å²) in [6.07, 6.45) is 1.31. The fourth-order valence-electron chi connectivity index (χ4n) is 1.71. The van der Waals surface area contributed by atoms with Crippen LogP contribution in [0.5, 0.6) is 5.75 Å². The molecule has 2 rings (SSSR count). The molecule has 0 fully saturated rings. The molecular formula is C15H14Cl2N2O3S. The molecule has 0 aliphatic heterocycles. The van der Waals surface area contributed by atoms with Crippen LogP contribution < -0.4 is 9.57 Å². The molecule has 0 amide bonds. The molecule has 1 N–H and O–H groups in total. The molecule has 0 atom stereocenters. The zero-order valence-corrected chi connectivity index (χ0v) is 14.5. The SMILES string of the molecule is CCOc1ccc(S(=O)(=O)N/N=C\c2ccc(Cl)cc2Cl)cc1. The van der Waals surface area contributed by atoms with Crippen molar-refractivity contribution in [2.24, 2.45) is 5.10 Å². The number of halogens is 2. The molecular weight excluding hydrogens is 359 g/mol. The number of nitrogens with zero attached hydrogens (tertiary/aromatic N) is 1. The first-order valence-electron chi connectivity index (χ1n) is 6.65. The Morgan fingerprint density at radius 3 is 2.48 bits per heavy atom. The fourth-order valence-corrected chi connectivity index (χ4v) is 2.95. The molecule has 0 saturated carbocycles. The number of rotatable bonds is 6. The van der Waals surface area contributed by atoms with E-state index in [-0.39, 0.29) is 4.90 Å². The van der Waals surface area contributed by atoms with Gasteiger partial charge < -0.3 is 4.74 Å². The second-order valence-corrected chi connectivity index (χ2v) is 6.93. The molecule has 2 aromatic rings. The molecule has 0 aliphatic carbocycles. The van der Waals surface area contributed by atoms with Crippen LogP contribution in [0.2, 0.25) is 10.0 Å². The summed E-state index contributed by atoms with van der Waals surface area (Å²) >= 11 is 11.8. The molecule has 8 heteroatoms. The van der Waals surface area contributed by atoms with Gasteiger partial charge >= 0.3 is 0 Å². The topological polar surface area (TPSA) is 67.8 Å². The molecule has 0 spiro atoms. The maximum atomic E-state index is 12.1. The molecule has 122 valence electrons. The van der Waals surface area contributed by atoms with Crippen LogP contribution in [0.3, 0.4) is 0 Å². The monoisotopic (exact) mass is 372 g/mol. The molecule has 0 unspecified atom stereocenters. The number of hydrogen-bond acceptors (Lipinski definition) is 4. The van der Waals surface area contributed by atoms with E-state index in [2.05, 4.69) is 9.93 Å². The second-order valence-electron chi connectivity index (χ2n) is 4.42. The summed E-state index contributed by atoms with van der Waals surface area (Å²) in [5.74, 6) is 0.600. The Balaban J connectivity index is 2.10. The van der Waals surface area contributed by atoms with Crippen LogP contribution in [0.15, 0.2) is 52.5 Å². The minimum absolute atomic E-state index is 0.0836. The highest BCUT2D eigenvalue weighted by Gasteiger charge is 2.12. The van der Waals surface area contributed by atoms with Crippen molar-refractivity contribution in [3.8, 4) is 5.75 Å². The van der Waals surface area contributed by atoms with E-state index in [1.54, 1.807) is 30.3 Å². The maximum absolute atomic E-state index is 12.1. The van der Waals surface area contributed by atoms with Gasteiger partial charge in [0.25, 0.3) is 10.0 Å². The summed E-state index contributed by atoms with van der Waals surface area (Å²) in [6.45, 7) is 2.36. The minimum Gasteiger partial charge on any atom is -0.494 e. The summed E-state index contributed by atoms with van der Waals surface area (Å²) in [5, 5.41) is 4.58. The minimum atomic E-state index is -3.76. The second kappa shape index (κ2) is 7.68. The van der Waals surface area contributed by atoms with Crippen molar-refractivity contribution in [3.05, 3.63) is 58.1 Å². The molecule has 5 nitrogen and oxygen atoms in total. The molecule has 23 heavy (non-hydrogen) atoms. The summed E-state index contributed by atoms with van der Waals surface area (Å²) in [6, 6.07) is 10.9. The largest absolute Gasteiger partial charge is 0.494 e. The lowest BCUT2D eigenvalue weighted by Gasteiger charge is -2.06. The van der Waals surface area contributed by atoms with Crippen LogP contribution in [-0.2, 0) is 10.0 Å². The molecule has 0 bridgehead atoms. The van der Waals surface area contributed by atoms with Gasteiger partial charge in [0.15, 0.2) is 0 Å². The highest BCUT2D eigenvalue weighted by atomic mass is 35.5. The number of ether oxygens (including phenoxy) is 1. The van der Waals surface area contributed by atoms with Crippen LogP contribution in [0, 0.1) is 0 Å². The predicted molar refractivity (Wildman–Crippen MR) is 92.0 cm³/mol. The van der Waals surface area contributed by atoms with Crippen LogP contribution >= 0.6 is 23.2 Å². The lowest BCUT2D eigenvalue weighted by atomic mass is 10.2. The molecule has 0 saturated heterocycles. The van der Waals surface area contributed by atoms with Crippen molar-refractivity contribution in [1.82, 2.24) is 4.83 Å². The molecule has 2 aromatic carbocycles. The lowest BCUT2D eigenvalue weighted by molar-refractivity contribution is 0.340. The van der Waals surface area contributed by atoms with Crippen LogP contribution in [0.1, 0.15) is 12.5 Å². The van der Waals surface area contributed by atoms with Gasteiger partial charge in [-0.15, -0.1) is 0 Å². The third kappa shape index (κ3) is 4.86. The molecule has 0 radical (unpaired) electrons. The van der Waals surface area contributed by atoms with E-state index < -0.39 is 10.0 Å². The van der Waals surface area contributed by atoms with Gasteiger partial charge in [-0.05, 0) is 43.3 Å². The summed E-state index contributed by atoms with van der Waals surface area (Å²) < 4.78 is 29.5. The van der Waals surface area contributed by atoms with E-state index in [4.69, 9.17) is 27.9 Å². The maximum Gasteiger partial charge on any atom is 0.276 e. The summed E-state index contributed by atoms with van der Waals surface area (Å²) in [7, 11) is -3.76. The van der Waals surface area contributed by atoms with Gasteiger partial charge in [-0.25, -0.2) is 4.83 Å². The first-order chi connectivity index (χ1) is 10.9. The van der Waals surface area contributed by atoms with E-state index in [0.717, 1.165) is 0 Å². The van der Waals surface area contributed by atoms with E-state index in [0.29, 0.717) is 28.0 Å². The summed E-state index contributed by atoms with van der Waals surface area (Å²) in [4.78, 5) is 2.21. The van der Waals surface area contributed by atoms with Crippen LogP contribution in [-0.4, -0.2) is 21.2 Å². The molecule has 0 aliphatic rings. The smallest absolute Gasteiger partial charge is 0.276 e. The van der Waals surface area contributed by atoms with Gasteiger partial charge in [0.2, 0.25) is 0 Å². The number of hydrogen-bond donors (Lipinski definition) is 1. The normalized spacial score (nSPS) is 11.6. The molecule has 0 heterocycles. The fraction of sp³-hybridized carbons (Fsp3) is 0.133. The van der Waals surface area contributed by atoms with E-state index >= 15 is 0 Å². The van der Waals surface area contributed by atoms with Crippen LogP contribution in [0.4, 0.5) is 0 Å². The third-order valence-corrected chi connectivity index (χ3v) is 4.59. The van der Waals surface area contributed by atoms with Crippen molar-refractivity contribution in [3.63, 3.8) is 0 Å². The Bertz CT molecular complexity index is 806. The quantitative estimate of drug-likeness (QED) is 0.620. The van der Waals surface area contributed by atoms with Gasteiger partial charge in [0.05, 0.1) is 22.7 Å². The Morgan fingerprint density at radius 1 is 1.17 bits per heavy atom. The number of sulfonamides is 1. The Hall–Kier alpha value is -1.76. The van der Waals surface area contributed by atoms with Crippen molar-refractivity contribution in [1.29, 1.82) is 0 Å². The molecule has 0 aromatic heterocycles. The zero-order valence-electron chi connectivity index (χ0n) is 12.2. The first kappa shape index (κ1) is 17.6. The Kier molecular flexibility index (Phi) is 5.87. The standard InChI is InChI=1S/C15H14Cl2N2O3S/c1-2-22-13-5-7-14(8-6-13)23(20,21)19-18-10-11-3-4-12(16)9-15(11)17/h3-10,19H,2H2,1H3/b18-10-. The number of benzene rings is 2. The lowest BCUT2D eigenvalue weighted by Crippen LogP contribution is -2.18. The van der Waals surface area contributed by atoms with Gasteiger partial charge in [-0.2, -0.15) is 13.5 Å². The van der Waals surface area contributed by atoms with Gasteiger partial charge in [-0.1, -0.05) is 29.3 Å². The van der Waals surface area contributed by atoms with Crippen LogP contribution in [0.25, 0.3) is 0 Å². The van der Waals surface area contributed by atoms with Gasteiger partial charge in [0, 0.05) is 10.6 Å². The number of hydrazone groups is 1. The van der Waals surface area contributed by atoms with E-state index in [1.165, 1.54) is 18.3 Å². The van der Waals surface area contributed by atoms with Gasteiger partial charge in [0.1, 0.15) is 5.75 Å². The third-order valence-electron chi connectivity index (χ3n) is 2.78. The average molecular weight is 373 g/mol. The van der Waals surface area contributed by atoms with Gasteiger partial charge in [-0.3, -0.25) is 0 Å². The zero-order chi connectivity index (χ0) is 16.9. The Morgan fingerprint density at radius 2 is 1.87 bits per heavy atom. The Labute approximate surface area is 144 Å². The van der Waals surface area contributed by atoms with E-state index in [9.17, 15) is 8.42 Å². The van der Waals surface area contributed by atoms with Crippen molar-refractivity contribution >= 4 is 39.4 Å². The number of nitrogens with one attached hydrogen (secondary N) is 1. The first-order valence-corrected chi connectivity index (χ1v) is 8.89. The average Bonchev–Trinajstić information content (AvgIpc) is 2.50. The summed E-state index contributed by atoms with van der Waals surface area (Å²) in [5.41, 5.74) is 0.547. The van der Waals surface area contributed by atoms with Crippen molar-refractivity contribution in [2.45, 2.75) is 11.8 Å². The predicted octanol–water partition coefficient (Wildman–Crippen LogP) is 3.70. The highest BCUT2D eigenvalue weighted by Crippen LogP contribution is 2.19. The highest BCUT2D eigenvalue weighted by molar-refractivity contribution is 7.89. The van der Waals surface area contributed by atoms with E-state index in [1.807, 2.05) is 6.92 Å². The van der Waals surface area contributed by atoms with Crippen molar-refractivity contribution in [2.75, 3.05) is 6.61 Å².